The van der Waals surface area contributed by atoms with Crippen LogP contribution in [0.15, 0.2) is 126 Å². The van der Waals surface area contributed by atoms with Crippen molar-refractivity contribution in [2.24, 2.45) is 20.5 Å². The van der Waals surface area contributed by atoms with Gasteiger partial charge in [-0.25, -0.2) is 31.0 Å². The number of hydrogen-bond donors (Lipinski definition) is 5. The Morgan fingerprint density at radius 3 is 1.83 bits per heavy atom. The second-order valence-electron chi connectivity index (χ2n) is 11.8. The number of H-pyrrole nitrogens is 1. The van der Waals surface area contributed by atoms with E-state index in [1.807, 2.05) is 0 Å². The molecule has 6 rings (SSSR count). The Balaban J connectivity index is 0.000000252. The molecular formula is C36H32ClCoN9O9S2+. The normalized spacial score (nSPS) is 11.7. The average molecular weight is 893 g/mol. The van der Waals surface area contributed by atoms with E-state index in [1.165, 1.54) is 37.8 Å². The number of carbonyl (C=O) groups is 1. The number of aromatic amines is 1. The maximum absolute atomic E-state index is 12.6. The Hall–Kier alpha value is -5.94. The minimum absolute atomic E-state index is 0. The number of nitrogens with one attached hydrogen (secondary N) is 4. The summed E-state index contributed by atoms with van der Waals surface area (Å²) >= 11 is 5.86. The van der Waals surface area contributed by atoms with Crippen molar-refractivity contribution in [2.45, 2.75) is 23.6 Å². The van der Waals surface area contributed by atoms with E-state index in [9.17, 15) is 41.7 Å². The Kier molecular flexibility index (Phi) is 14.3. The summed E-state index contributed by atoms with van der Waals surface area (Å²) in [6, 6.07) is 21.4. The Bertz CT molecular complexity index is 2850. The van der Waals surface area contributed by atoms with Crippen LogP contribution in [0.4, 0.5) is 28.4 Å². The molecule has 58 heavy (non-hydrogen) atoms. The number of halogens is 1. The van der Waals surface area contributed by atoms with Crippen molar-refractivity contribution in [1.29, 1.82) is 0 Å². The maximum atomic E-state index is 12.6. The second kappa shape index (κ2) is 18.5. The molecule has 0 saturated carbocycles. The zero-order valence-corrected chi connectivity index (χ0v) is 34.1. The molecule has 1 heterocycles. The van der Waals surface area contributed by atoms with E-state index in [2.05, 4.69) is 40.3 Å². The number of anilines is 1. The van der Waals surface area contributed by atoms with E-state index >= 15 is 0 Å². The van der Waals surface area contributed by atoms with Crippen molar-refractivity contribution in [2.75, 3.05) is 19.4 Å². The quantitative estimate of drug-likeness (QED) is 0.110. The summed E-state index contributed by atoms with van der Waals surface area (Å²) in [6.07, 6.45) is 0. The standard InChI is InChI=1S/C19H18N4O5S.C17H16ClN5O4S.Co/c1-11(24)21-14-5-3-4-12-6-8-17(26)19(18(12)14)23-22-15-10-13(7-9-16(15)25)29(27,28)20-2;1-10-16(17(25)23(22-10)12-5-3-11(18)4-6-12)21-20-14-9-13(7-8-15(14)24)28(26,27)19-2;/h3-10,20,25-26H,1-2H3,(H,21,24);3-9,19,22,24H,1-2H3;/q;;+3/p-2. The van der Waals surface area contributed by atoms with Crippen LogP contribution in [0.3, 0.4) is 0 Å². The molecule has 5 N–H and O–H groups in total. The number of aromatic nitrogens is 2. The number of azo groups is 2. The molecule has 0 aliphatic rings. The molecule has 1 amide bonds. The number of phenolic OH excluding ortho intramolecular Hbond substituents is 1. The Morgan fingerprint density at radius 2 is 1.31 bits per heavy atom. The number of amides is 1. The number of benzene rings is 5. The fraction of sp³-hybridized carbons (Fsp3) is 0.111. The molecular weight excluding hydrogens is 861 g/mol. The molecule has 18 nitrogen and oxygen atoms in total. The number of fused-ring (bicyclic) bond motifs is 1. The third-order valence-electron chi connectivity index (χ3n) is 7.97. The van der Waals surface area contributed by atoms with Gasteiger partial charge in [0.1, 0.15) is 11.4 Å². The third kappa shape index (κ3) is 10.1. The Morgan fingerprint density at radius 1 is 0.776 bits per heavy atom. The maximum Gasteiger partial charge on any atom is 3.00 e. The molecule has 0 spiro atoms. The van der Waals surface area contributed by atoms with Crippen LogP contribution in [0.1, 0.15) is 12.6 Å². The number of hydrogen-bond acceptors (Lipinski definition) is 13. The molecule has 1 aromatic heterocycles. The minimum Gasteiger partial charge on any atom is -0.871 e. The van der Waals surface area contributed by atoms with E-state index in [1.54, 1.807) is 55.5 Å². The van der Waals surface area contributed by atoms with Crippen LogP contribution in [0, 0.1) is 6.92 Å². The van der Waals surface area contributed by atoms with Gasteiger partial charge in [0, 0.05) is 17.3 Å². The van der Waals surface area contributed by atoms with Gasteiger partial charge in [-0.1, -0.05) is 53.4 Å². The van der Waals surface area contributed by atoms with Crippen LogP contribution in [-0.2, 0) is 41.6 Å². The summed E-state index contributed by atoms with van der Waals surface area (Å²) in [7, 11) is -5.01. The van der Waals surface area contributed by atoms with E-state index in [-0.39, 0.29) is 61.0 Å². The second-order valence-corrected chi connectivity index (χ2v) is 16.0. The zero-order chi connectivity index (χ0) is 41.7. The number of rotatable bonds is 10. The summed E-state index contributed by atoms with van der Waals surface area (Å²) in [4.78, 5) is 23.8. The fourth-order valence-corrected chi connectivity index (χ4v) is 6.73. The van der Waals surface area contributed by atoms with Crippen molar-refractivity contribution in [3.63, 3.8) is 0 Å². The molecule has 0 aliphatic carbocycles. The molecule has 0 aliphatic heterocycles. The summed E-state index contributed by atoms with van der Waals surface area (Å²) in [5.41, 5.74) is 0.526. The van der Waals surface area contributed by atoms with Gasteiger partial charge in [-0.3, -0.25) is 14.7 Å². The van der Waals surface area contributed by atoms with Crippen LogP contribution in [0.2, 0.25) is 5.02 Å². The molecule has 0 fully saturated rings. The first-order valence-corrected chi connectivity index (χ1v) is 19.7. The first kappa shape index (κ1) is 44.8. The molecule has 0 saturated heterocycles. The largest absolute Gasteiger partial charge is 3.00 e. The van der Waals surface area contributed by atoms with Crippen molar-refractivity contribution >= 4 is 76.8 Å². The van der Waals surface area contributed by atoms with Crippen molar-refractivity contribution in [3.8, 4) is 22.9 Å². The van der Waals surface area contributed by atoms with Gasteiger partial charge in [0.25, 0.3) is 5.56 Å². The number of aromatic hydroxyl groups is 1. The molecule has 6 aromatic rings. The summed E-state index contributed by atoms with van der Waals surface area (Å²) in [5.74, 6) is -1.59. The van der Waals surface area contributed by atoms with E-state index < -0.39 is 37.1 Å². The van der Waals surface area contributed by atoms with E-state index in [4.69, 9.17) is 11.6 Å². The SMILES string of the molecule is CNS(=O)(=O)c1ccc([O-])c(N=Nc2c(C)[nH]n(-c3ccc(Cl)cc3)c2=O)c1.CNS(=O)(=O)c1ccc([O-])c(N=Nc2c(O)ccc3cccc(NC(C)=O)c23)c1.[Co+3]. The van der Waals surface area contributed by atoms with Crippen LogP contribution < -0.4 is 30.5 Å². The van der Waals surface area contributed by atoms with Crippen molar-refractivity contribution in [3.05, 3.63) is 112 Å². The molecule has 22 heteroatoms. The van der Waals surface area contributed by atoms with Crippen molar-refractivity contribution in [1.82, 2.24) is 19.2 Å². The van der Waals surface area contributed by atoms with Gasteiger partial charge in [0.05, 0.1) is 38.2 Å². The van der Waals surface area contributed by atoms with Gasteiger partial charge in [0.15, 0.2) is 5.69 Å². The van der Waals surface area contributed by atoms with Gasteiger partial charge >= 0.3 is 16.8 Å². The number of aryl methyl sites for hydroxylation is 1. The smallest absolute Gasteiger partial charge is 0.871 e. The predicted octanol–water partition coefficient (Wildman–Crippen LogP) is 5.42. The van der Waals surface area contributed by atoms with Gasteiger partial charge < -0.3 is 20.6 Å². The van der Waals surface area contributed by atoms with Crippen LogP contribution in [0.25, 0.3) is 16.5 Å². The summed E-state index contributed by atoms with van der Waals surface area (Å²) in [5, 5.41) is 57.0. The average Bonchev–Trinajstić information content (AvgIpc) is 3.46. The van der Waals surface area contributed by atoms with E-state index in [0.717, 1.165) is 30.3 Å². The number of carbonyl (C=O) groups excluding carboxylic acids is 1. The van der Waals surface area contributed by atoms with Crippen LogP contribution in [0.5, 0.6) is 17.2 Å². The molecule has 302 valence electrons. The van der Waals surface area contributed by atoms with Gasteiger partial charge in [0.2, 0.25) is 26.0 Å². The topological polar surface area (TPSA) is 275 Å². The monoisotopic (exact) mass is 892 g/mol. The molecule has 0 unspecified atom stereocenters. The van der Waals surface area contributed by atoms with Gasteiger partial charge in [-0.15, -0.1) is 10.2 Å². The number of sulfonamides is 2. The first-order chi connectivity index (χ1) is 26.9. The summed E-state index contributed by atoms with van der Waals surface area (Å²) in [6.45, 7) is 2.97. The predicted molar refractivity (Wildman–Crippen MR) is 209 cm³/mol. The van der Waals surface area contributed by atoms with Crippen LogP contribution >= 0.6 is 11.6 Å². The molecule has 0 bridgehead atoms. The third-order valence-corrected chi connectivity index (χ3v) is 11.0. The van der Waals surface area contributed by atoms with Gasteiger partial charge in [-0.2, -0.15) is 10.2 Å². The number of nitrogens with zero attached hydrogens (tertiary/aromatic N) is 5. The molecule has 0 radical (unpaired) electrons. The Labute approximate surface area is 346 Å². The van der Waals surface area contributed by atoms with Crippen molar-refractivity contribution < 1.29 is 53.7 Å². The summed E-state index contributed by atoms with van der Waals surface area (Å²) < 4.78 is 53.2. The molecule has 5 aromatic carbocycles. The van der Waals surface area contributed by atoms with Gasteiger partial charge in [-0.05, 0) is 87.1 Å². The number of phenols is 1. The zero-order valence-electron chi connectivity index (χ0n) is 30.6. The fourth-order valence-electron chi connectivity index (χ4n) is 5.10. The molecule has 0 atom stereocenters. The van der Waals surface area contributed by atoms with E-state index in [0.29, 0.717) is 32.9 Å². The first-order valence-electron chi connectivity index (χ1n) is 16.4. The minimum atomic E-state index is -3.77. The van der Waals surface area contributed by atoms with Crippen LogP contribution in [-0.4, -0.2) is 51.7 Å².